The predicted molar refractivity (Wildman–Crippen MR) is 119 cm³/mol. The van der Waals surface area contributed by atoms with Crippen LogP contribution in [-0.4, -0.2) is 29.6 Å². The molecule has 0 aliphatic heterocycles. The fourth-order valence-corrected chi connectivity index (χ4v) is 4.39. The van der Waals surface area contributed by atoms with Crippen molar-refractivity contribution in [2.24, 2.45) is 17.8 Å². The van der Waals surface area contributed by atoms with Crippen LogP contribution in [0.1, 0.15) is 117 Å². The molecule has 1 saturated carbocycles. The van der Waals surface area contributed by atoms with Crippen LogP contribution < -0.4 is 0 Å². The van der Waals surface area contributed by atoms with Crippen LogP contribution >= 0.6 is 0 Å². The minimum atomic E-state index is -0.179. The highest BCUT2D eigenvalue weighted by atomic mass is 16.5. The first-order valence-corrected chi connectivity index (χ1v) is 12.3. The molecule has 0 spiro atoms. The van der Waals surface area contributed by atoms with Crippen LogP contribution in [0.2, 0.25) is 0 Å². The van der Waals surface area contributed by atoms with Crippen molar-refractivity contribution in [3.05, 3.63) is 0 Å². The third-order valence-corrected chi connectivity index (χ3v) is 6.34. The van der Waals surface area contributed by atoms with E-state index >= 15 is 0 Å². The van der Waals surface area contributed by atoms with Gasteiger partial charge in [-0.3, -0.25) is 9.59 Å². The van der Waals surface area contributed by atoms with E-state index in [1.54, 1.807) is 0 Å². The van der Waals surface area contributed by atoms with Crippen molar-refractivity contribution in [2.75, 3.05) is 6.61 Å². The molecule has 0 aromatic rings. The van der Waals surface area contributed by atoms with E-state index in [1.165, 1.54) is 0 Å². The summed E-state index contributed by atoms with van der Waals surface area (Å²) in [5.41, 5.74) is 0. The molecule has 4 nitrogen and oxygen atoms in total. The van der Waals surface area contributed by atoms with Gasteiger partial charge in [0.15, 0.2) is 0 Å². The zero-order valence-electron chi connectivity index (χ0n) is 19.3. The summed E-state index contributed by atoms with van der Waals surface area (Å²) in [5.74, 6) is 1.79. The highest BCUT2D eigenvalue weighted by Gasteiger charge is 2.33. The molecule has 1 aliphatic carbocycles. The van der Waals surface area contributed by atoms with Crippen molar-refractivity contribution in [1.29, 1.82) is 0 Å². The summed E-state index contributed by atoms with van der Waals surface area (Å²) in [4.78, 5) is 23.9. The van der Waals surface area contributed by atoms with Gasteiger partial charge in [0.1, 0.15) is 5.78 Å². The first kappa shape index (κ1) is 26.1. The average molecular weight is 411 g/mol. The summed E-state index contributed by atoms with van der Waals surface area (Å²) in [6, 6.07) is 0. The predicted octanol–water partition coefficient (Wildman–Crippen LogP) is 6.23. The molecule has 1 unspecified atom stereocenters. The summed E-state index contributed by atoms with van der Waals surface area (Å²) < 4.78 is 5.18. The lowest BCUT2D eigenvalue weighted by atomic mass is 9.86. The van der Waals surface area contributed by atoms with Crippen molar-refractivity contribution in [1.82, 2.24) is 0 Å². The molecular formula is C25H46O4. The minimum Gasteiger partial charge on any atom is -0.466 e. The monoisotopic (exact) mass is 410 g/mol. The lowest BCUT2D eigenvalue weighted by Gasteiger charge is -2.19. The molecule has 0 heterocycles. The van der Waals surface area contributed by atoms with Gasteiger partial charge in [0.2, 0.25) is 0 Å². The van der Waals surface area contributed by atoms with E-state index in [9.17, 15) is 14.7 Å². The first-order valence-electron chi connectivity index (χ1n) is 12.3. The fourth-order valence-electron chi connectivity index (χ4n) is 4.39. The van der Waals surface area contributed by atoms with Crippen molar-refractivity contribution in [2.45, 2.75) is 123 Å². The molecule has 0 bridgehead atoms. The second-order valence-corrected chi connectivity index (χ2v) is 9.45. The standard InChI is InChI=1S/C25H46O4/c1-4-5-19-29-25(28)14-9-7-6-8-13-23-21(16-18-24(23)27)11-10-12-22(26)17-15-20(2)3/h20-23,26H,4-19H2,1-3H3/t21-,22?,23+/m0/s1. The van der Waals surface area contributed by atoms with Crippen LogP contribution in [0.4, 0.5) is 0 Å². The van der Waals surface area contributed by atoms with Gasteiger partial charge in [-0.1, -0.05) is 52.9 Å². The Labute approximate surface area is 179 Å². The van der Waals surface area contributed by atoms with Crippen LogP contribution in [-0.2, 0) is 14.3 Å². The molecule has 29 heavy (non-hydrogen) atoms. The Morgan fingerprint density at radius 1 is 1.03 bits per heavy atom. The highest BCUT2D eigenvalue weighted by molar-refractivity contribution is 5.83. The smallest absolute Gasteiger partial charge is 0.305 e. The van der Waals surface area contributed by atoms with E-state index in [4.69, 9.17) is 4.74 Å². The second-order valence-electron chi connectivity index (χ2n) is 9.45. The zero-order valence-corrected chi connectivity index (χ0v) is 19.3. The van der Waals surface area contributed by atoms with Gasteiger partial charge < -0.3 is 9.84 Å². The van der Waals surface area contributed by atoms with Crippen molar-refractivity contribution >= 4 is 11.8 Å². The number of aliphatic hydroxyl groups is 1. The van der Waals surface area contributed by atoms with Gasteiger partial charge in [-0.05, 0) is 63.2 Å². The van der Waals surface area contributed by atoms with Crippen LogP contribution in [0.3, 0.4) is 0 Å². The zero-order chi connectivity index (χ0) is 21.5. The van der Waals surface area contributed by atoms with E-state index in [2.05, 4.69) is 20.8 Å². The number of unbranched alkanes of at least 4 members (excludes halogenated alkanes) is 4. The number of ketones is 1. The summed E-state index contributed by atoms with van der Waals surface area (Å²) in [6.45, 7) is 7.03. The molecule has 3 atom stereocenters. The third-order valence-electron chi connectivity index (χ3n) is 6.34. The molecule has 0 saturated heterocycles. The Morgan fingerprint density at radius 3 is 2.52 bits per heavy atom. The van der Waals surface area contributed by atoms with Gasteiger partial charge in [0.05, 0.1) is 12.7 Å². The van der Waals surface area contributed by atoms with E-state index < -0.39 is 0 Å². The lowest BCUT2D eigenvalue weighted by Crippen LogP contribution is -2.16. The molecule has 1 N–H and O–H groups in total. The molecule has 0 aromatic carbocycles. The van der Waals surface area contributed by atoms with Gasteiger partial charge in [0.25, 0.3) is 0 Å². The number of hydrogen-bond acceptors (Lipinski definition) is 4. The van der Waals surface area contributed by atoms with Crippen LogP contribution in [0, 0.1) is 17.8 Å². The molecular weight excluding hydrogens is 364 g/mol. The molecule has 0 amide bonds. The maximum atomic E-state index is 12.3. The Hall–Kier alpha value is -0.900. The van der Waals surface area contributed by atoms with Gasteiger partial charge in [-0.25, -0.2) is 0 Å². The van der Waals surface area contributed by atoms with Gasteiger partial charge in [-0.2, -0.15) is 0 Å². The fraction of sp³-hybridized carbons (Fsp3) is 0.920. The Balaban J connectivity index is 2.12. The third kappa shape index (κ3) is 12.4. The topological polar surface area (TPSA) is 63.6 Å². The number of rotatable bonds is 17. The molecule has 1 fully saturated rings. The molecule has 0 aromatic heterocycles. The molecule has 170 valence electrons. The molecule has 4 heteroatoms. The SMILES string of the molecule is CCCCOC(=O)CCCCCC[C@H]1C(=O)CC[C@@H]1CCCC(O)CCC(C)C. The van der Waals surface area contributed by atoms with E-state index in [-0.39, 0.29) is 18.0 Å². The number of hydrogen-bond donors (Lipinski definition) is 1. The summed E-state index contributed by atoms with van der Waals surface area (Å²) in [5, 5.41) is 10.1. The first-order chi connectivity index (χ1) is 13.9. The Bertz CT molecular complexity index is 446. The van der Waals surface area contributed by atoms with Crippen LogP contribution in [0.15, 0.2) is 0 Å². The normalized spacial score (nSPS) is 20.4. The van der Waals surface area contributed by atoms with E-state index in [0.29, 0.717) is 30.6 Å². The maximum Gasteiger partial charge on any atom is 0.305 e. The van der Waals surface area contributed by atoms with Gasteiger partial charge in [-0.15, -0.1) is 0 Å². The number of esters is 1. The number of ether oxygens (including phenoxy) is 1. The number of carbonyl (C=O) groups is 2. The van der Waals surface area contributed by atoms with Crippen LogP contribution in [0.25, 0.3) is 0 Å². The number of carbonyl (C=O) groups excluding carboxylic acids is 2. The molecule has 1 aliphatic rings. The lowest BCUT2D eigenvalue weighted by molar-refractivity contribution is -0.143. The highest BCUT2D eigenvalue weighted by Crippen LogP contribution is 2.36. The van der Waals surface area contributed by atoms with Crippen molar-refractivity contribution in [3.63, 3.8) is 0 Å². The van der Waals surface area contributed by atoms with Crippen molar-refractivity contribution in [3.8, 4) is 0 Å². The molecule has 0 radical (unpaired) electrons. The maximum absolute atomic E-state index is 12.3. The van der Waals surface area contributed by atoms with Gasteiger partial charge in [0, 0.05) is 18.8 Å². The second kappa shape index (κ2) is 15.9. The minimum absolute atomic E-state index is 0.0694. The number of aliphatic hydroxyl groups excluding tert-OH is 1. The summed E-state index contributed by atoms with van der Waals surface area (Å²) in [7, 11) is 0. The quantitative estimate of drug-likeness (QED) is 0.228. The average Bonchev–Trinajstić information content (AvgIpc) is 3.03. The Morgan fingerprint density at radius 2 is 1.79 bits per heavy atom. The summed E-state index contributed by atoms with van der Waals surface area (Å²) >= 11 is 0. The number of Topliss-reactive ketones (excluding diaryl/α,β-unsaturated/α-hetero) is 1. The summed E-state index contributed by atoms with van der Waals surface area (Å²) in [6.07, 6.45) is 14.2. The van der Waals surface area contributed by atoms with E-state index in [0.717, 1.165) is 89.9 Å². The molecule has 1 rings (SSSR count). The van der Waals surface area contributed by atoms with E-state index in [1.807, 2.05) is 0 Å². The van der Waals surface area contributed by atoms with Crippen LogP contribution in [0.5, 0.6) is 0 Å². The largest absolute Gasteiger partial charge is 0.466 e. The Kier molecular flexibility index (Phi) is 14.3. The van der Waals surface area contributed by atoms with Crippen molar-refractivity contribution < 1.29 is 19.4 Å². The van der Waals surface area contributed by atoms with Gasteiger partial charge >= 0.3 is 5.97 Å².